The lowest BCUT2D eigenvalue weighted by molar-refractivity contribution is 0.121. The molecule has 1 fully saturated rings. The van der Waals surface area contributed by atoms with Gasteiger partial charge < -0.3 is 20.5 Å². The first-order valence-electron chi connectivity index (χ1n) is 5.52. The molecule has 16 heavy (non-hydrogen) atoms. The fourth-order valence-corrected chi connectivity index (χ4v) is 1.91. The molecular formula is C12H18N2O2. The first-order chi connectivity index (χ1) is 7.70. The Labute approximate surface area is 95.7 Å². The van der Waals surface area contributed by atoms with Gasteiger partial charge in [-0.1, -0.05) is 0 Å². The van der Waals surface area contributed by atoms with Gasteiger partial charge in [-0.3, -0.25) is 0 Å². The second-order valence-electron chi connectivity index (χ2n) is 4.07. The minimum absolute atomic E-state index is 0.227. The van der Waals surface area contributed by atoms with E-state index in [1.54, 1.807) is 7.11 Å². The summed E-state index contributed by atoms with van der Waals surface area (Å²) >= 11 is 0. The number of benzene rings is 1. The van der Waals surface area contributed by atoms with Crippen molar-refractivity contribution in [3.63, 3.8) is 0 Å². The lowest BCUT2D eigenvalue weighted by Crippen LogP contribution is -2.27. The van der Waals surface area contributed by atoms with Crippen molar-refractivity contribution in [1.82, 2.24) is 0 Å². The van der Waals surface area contributed by atoms with E-state index in [-0.39, 0.29) is 6.10 Å². The topological polar surface area (TPSA) is 56.5 Å². The molecule has 0 bridgehead atoms. The molecule has 2 rings (SSSR count). The van der Waals surface area contributed by atoms with Crippen molar-refractivity contribution in [3.8, 4) is 5.75 Å². The van der Waals surface area contributed by atoms with Gasteiger partial charge in [-0.2, -0.15) is 0 Å². The van der Waals surface area contributed by atoms with Crippen molar-refractivity contribution in [2.45, 2.75) is 25.5 Å². The van der Waals surface area contributed by atoms with E-state index in [0.717, 1.165) is 30.2 Å². The van der Waals surface area contributed by atoms with Gasteiger partial charge in [0.25, 0.3) is 0 Å². The van der Waals surface area contributed by atoms with E-state index in [4.69, 9.17) is 15.2 Å². The minimum atomic E-state index is 0.227. The molecule has 0 radical (unpaired) electrons. The maximum absolute atomic E-state index is 5.91. The van der Waals surface area contributed by atoms with Crippen LogP contribution in [0.2, 0.25) is 0 Å². The summed E-state index contributed by atoms with van der Waals surface area (Å²) in [5.74, 6) is 0.809. The molecule has 2 unspecified atom stereocenters. The lowest BCUT2D eigenvalue weighted by Gasteiger charge is -2.19. The molecule has 0 aromatic heterocycles. The van der Waals surface area contributed by atoms with Crippen LogP contribution in [0.5, 0.6) is 5.75 Å². The third-order valence-electron chi connectivity index (χ3n) is 2.98. The second-order valence-corrected chi connectivity index (χ2v) is 4.07. The molecule has 0 saturated carbocycles. The van der Waals surface area contributed by atoms with Crippen LogP contribution in [0.25, 0.3) is 0 Å². The maximum Gasteiger partial charge on any atom is 0.121 e. The summed E-state index contributed by atoms with van der Waals surface area (Å²) < 4.78 is 10.7. The van der Waals surface area contributed by atoms with E-state index >= 15 is 0 Å². The van der Waals surface area contributed by atoms with Crippen LogP contribution in [0.4, 0.5) is 11.4 Å². The van der Waals surface area contributed by atoms with Gasteiger partial charge in [0.2, 0.25) is 0 Å². The number of nitrogen functional groups attached to an aromatic ring is 1. The molecule has 1 aromatic rings. The smallest absolute Gasteiger partial charge is 0.121 e. The molecule has 88 valence electrons. The highest BCUT2D eigenvalue weighted by molar-refractivity contribution is 5.68. The molecule has 0 spiro atoms. The Morgan fingerprint density at radius 3 is 2.94 bits per heavy atom. The number of methoxy groups -OCH3 is 1. The van der Waals surface area contributed by atoms with Crippen LogP contribution >= 0.6 is 0 Å². The number of nitrogens with two attached hydrogens (primary N) is 1. The van der Waals surface area contributed by atoms with Crippen LogP contribution in [-0.2, 0) is 4.74 Å². The molecule has 1 saturated heterocycles. The van der Waals surface area contributed by atoms with Gasteiger partial charge in [-0.25, -0.2) is 0 Å². The average molecular weight is 222 g/mol. The zero-order valence-corrected chi connectivity index (χ0v) is 9.69. The number of nitrogens with one attached hydrogen (secondary N) is 1. The van der Waals surface area contributed by atoms with E-state index in [1.807, 2.05) is 18.2 Å². The molecule has 1 aromatic carbocycles. The van der Waals surface area contributed by atoms with E-state index in [2.05, 4.69) is 12.2 Å². The second kappa shape index (κ2) is 4.61. The quantitative estimate of drug-likeness (QED) is 0.766. The van der Waals surface area contributed by atoms with Gasteiger partial charge in [0.15, 0.2) is 0 Å². The van der Waals surface area contributed by atoms with Crippen molar-refractivity contribution in [2.75, 3.05) is 24.8 Å². The highest BCUT2D eigenvalue weighted by Crippen LogP contribution is 2.27. The van der Waals surface area contributed by atoms with E-state index in [0.29, 0.717) is 6.04 Å². The molecule has 2 atom stereocenters. The Balaban J connectivity index is 2.13. The largest absolute Gasteiger partial charge is 0.497 e. The Morgan fingerprint density at radius 2 is 2.31 bits per heavy atom. The standard InChI is InChI=1S/C12H18N2O2/c1-8-11(5-6-16-8)14-12-7-9(15-2)3-4-10(12)13/h3-4,7-8,11,14H,5-6,13H2,1-2H3. The molecule has 4 nitrogen and oxygen atoms in total. The third-order valence-corrected chi connectivity index (χ3v) is 2.98. The molecule has 1 heterocycles. The predicted octanol–water partition coefficient (Wildman–Crippen LogP) is 1.87. The van der Waals surface area contributed by atoms with Crippen molar-refractivity contribution in [1.29, 1.82) is 0 Å². The molecule has 4 heteroatoms. The first kappa shape index (κ1) is 11.1. The van der Waals surface area contributed by atoms with Gasteiger partial charge in [-0.05, 0) is 25.5 Å². The lowest BCUT2D eigenvalue weighted by atomic mass is 10.1. The van der Waals surface area contributed by atoms with Gasteiger partial charge in [0.1, 0.15) is 5.75 Å². The van der Waals surface area contributed by atoms with Crippen LogP contribution in [0.1, 0.15) is 13.3 Å². The highest BCUT2D eigenvalue weighted by Gasteiger charge is 2.24. The Bertz CT molecular complexity index is 368. The Kier molecular flexibility index (Phi) is 3.19. The summed E-state index contributed by atoms with van der Waals surface area (Å²) in [4.78, 5) is 0. The van der Waals surface area contributed by atoms with E-state index < -0.39 is 0 Å². The predicted molar refractivity (Wildman–Crippen MR) is 64.8 cm³/mol. The van der Waals surface area contributed by atoms with Crippen LogP contribution in [0.15, 0.2) is 18.2 Å². The molecule has 0 amide bonds. The maximum atomic E-state index is 5.91. The van der Waals surface area contributed by atoms with Crippen LogP contribution in [0, 0.1) is 0 Å². The first-order valence-corrected chi connectivity index (χ1v) is 5.52. The van der Waals surface area contributed by atoms with Gasteiger partial charge in [0, 0.05) is 12.7 Å². The van der Waals surface area contributed by atoms with Crippen LogP contribution < -0.4 is 15.8 Å². The summed E-state index contributed by atoms with van der Waals surface area (Å²) in [7, 11) is 1.65. The van der Waals surface area contributed by atoms with Crippen LogP contribution in [0.3, 0.4) is 0 Å². The van der Waals surface area contributed by atoms with Crippen molar-refractivity contribution < 1.29 is 9.47 Å². The van der Waals surface area contributed by atoms with Crippen molar-refractivity contribution in [2.24, 2.45) is 0 Å². The summed E-state index contributed by atoms with van der Waals surface area (Å²) in [6, 6.07) is 5.95. The number of hydrogen-bond acceptors (Lipinski definition) is 4. The number of rotatable bonds is 3. The summed E-state index contributed by atoms with van der Waals surface area (Å²) in [5.41, 5.74) is 7.56. The Hall–Kier alpha value is -1.42. The van der Waals surface area contributed by atoms with Crippen molar-refractivity contribution in [3.05, 3.63) is 18.2 Å². The number of hydrogen-bond donors (Lipinski definition) is 2. The molecule has 3 N–H and O–H groups in total. The molecular weight excluding hydrogens is 204 g/mol. The van der Waals surface area contributed by atoms with Crippen LogP contribution in [-0.4, -0.2) is 25.9 Å². The fraction of sp³-hybridized carbons (Fsp3) is 0.500. The number of anilines is 2. The zero-order chi connectivity index (χ0) is 11.5. The highest BCUT2D eigenvalue weighted by atomic mass is 16.5. The van der Waals surface area contributed by atoms with Gasteiger partial charge >= 0.3 is 0 Å². The van der Waals surface area contributed by atoms with E-state index in [9.17, 15) is 0 Å². The molecule has 0 aliphatic carbocycles. The summed E-state index contributed by atoms with van der Waals surface area (Å²) in [6.45, 7) is 2.88. The monoisotopic (exact) mass is 222 g/mol. The average Bonchev–Trinajstić information content (AvgIpc) is 2.68. The summed E-state index contributed by atoms with van der Waals surface area (Å²) in [6.07, 6.45) is 1.24. The van der Waals surface area contributed by atoms with Gasteiger partial charge in [-0.15, -0.1) is 0 Å². The molecule has 1 aliphatic rings. The van der Waals surface area contributed by atoms with E-state index in [1.165, 1.54) is 0 Å². The fourth-order valence-electron chi connectivity index (χ4n) is 1.91. The normalized spacial score (nSPS) is 24.4. The zero-order valence-electron chi connectivity index (χ0n) is 9.69. The third kappa shape index (κ3) is 2.22. The number of ether oxygens (including phenoxy) is 2. The SMILES string of the molecule is COc1ccc(N)c(NC2CCOC2C)c1. The van der Waals surface area contributed by atoms with Crippen molar-refractivity contribution >= 4 is 11.4 Å². The molecule has 1 aliphatic heterocycles. The minimum Gasteiger partial charge on any atom is -0.497 e. The summed E-state index contributed by atoms with van der Waals surface area (Å²) in [5, 5.41) is 3.40. The van der Waals surface area contributed by atoms with Gasteiger partial charge in [0.05, 0.1) is 30.6 Å². The Morgan fingerprint density at radius 1 is 1.50 bits per heavy atom.